The van der Waals surface area contributed by atoms with E-state index < -0.39 is 18.8 Å². The number of hydrogen-bond acceptors (Lipinski definition) is 4. The van der Waals surface area contributed by atoms with Gasteiger partial charge in [-0.05, 0) is 52.9 Å². The van der Waals surface area contributed by atoms with Crippen LogP contribution in [0.1, 0.15) is 22.7 Å². The summed E-state index contributed by atoms with van der Waals surface area (Å²) in [6.07, 6.45) is 3.94. The molecule has 6 nitrogen and oxygen atoms in total. The van der Waals surface area contributed by atoms with Crippen LogP contribution in [0.5, 0.6) is 0 Å². The second-order valence-corrected chi connectivity index (χ2v) is 7.78. The molecule has 1 aliphatic heterocycles. The number of benzene rings is 1. The molecule has 1 aromatic carbocycles. The lowest BCUT2D eigenvalue weighted by atomic mass is 9.87. The van der Waals surface area contributed by atoms with Crippen molar-refractivity contribution in [1.29, 1.82) is 0 Å². The largest absolute Gasteiger partial charge is 0.401 e. The third-order valence-electron chi connectivity index (χ3n) is 5.50. The van der Waals surface area contributed by atoms with Crippen LogP contribution >= 0.6 is 0 Å². The number of carbonyl (C=O) groups excluding carboxylic acids is 1. The van der Waals surface area contributed by atoms with Crippen LogP contribution in [0.2, 0.25) is 0 Å². The Labute approximate surface area is 183 Å². The number of alkyl halides is 3. The lowest BCUT2D eigenvalue weighted by Crippen LogP contribution is -2.40. The van der Waals surface area contributed by atoms with Gasteiger partial charge in [0.1, 0.15) is 0 Å². The molecule has 166 valence electrons. The van der Waals surface area contributed by atoms with E-state index in [1.807, 2.05) is 12.3 Å². The quantitative estimate of drug-likeness (QED) is 0.601. The van der Waals surface area contributed by atoms with E-state index in [0.29, 0.717) is 17.7 Å². The van der Waals surface area contributed by atoms with E-state index in [2.05, 4.69) is 22.0 Å². The smallest absolute Gasteiger partial charge is 0.323 e. The van der Waals surface area contributed by atoms with Crippen molar-refractivity contribution in [3.05, 3.63) is 78.4 Å². The number of pyridine rings is 1. The zero-order valence-corrected chi connectivity index (χ0v) is 17.4. The first-order valence-corrected chi connectivity index (χ1v) is 10.0. The van der Waals surface area contributed by atoms with Crippen molar-refractivity contribution < 1.29 is 18.0 Å². The molecular weight excluding hydrogens is 419 g/mol. The normalized spacial score (nSPS) is 16.4. The molecule has 2 aromatic heterocycles. The van der Waals surface area contributed by atoms with Crippen LogP contribution in [-0.4, -0.2) is 38.3 Å². The molecule has 1 unspecified atom stereocenters. The maximum absolute atomic E-state index is 13.5. The van der Waals surface area contributed by atoms with Crippen LogP contribution in [0, 0.1) is 0 Å². The summed E-state index contributed by atoms with van der Waals surface area (Å²) in [5.41, 5.74) is 4.58. The summed E-state index contributed by atoms with van der Waals surface area (Å²) < 4.78 is 42.0. The minimum absolute atomic E-state index is 0.135. The number of fused-ring (bicyclic) bond motifs is 1. The molecule has 1 atom stereocenters. The van der Waals surface area contributed by atoms with Gasteiger partial charge in [0.25, 0.3) is 0 Å². The Kier molecular flexibility index (Phi) is 5.84. The highest BCUT2D eigenvalue weighted by molar-refractivity contribution is 5.98. The first kappa shape index (κ1) is 21.8. The highest BCUT2D eigenvalue weighted by atomic mass is 19.4. The number of halogens is 3. The molecule has 32 heavy (non-hydrogen) atoms. The molecule has 9 heteroatoms. The first-order valence-electron chi connectivity index (χ1n) is 10.0. The molecule has 0 aliphatic carbocycles. The average molecular weight is 441 g/mol. The third-order valence-corrected chi connectivity index (χ3v) is 5.50. The summed E-state index contributed by atoms with van der Waals surface area (Å²) in [5.74, 6) is -0.345. The van der Waals surface area contributed by atoms with Crippen molar-refractivity contribution in [1.82, 2.24) is 19.7 Å². The monoisotopic (exact) mass is 441 g/mol. The second kappa shape index (κ2) is 8.58. The number of nitrogens with zero attached hydrogens (tertiary/aromatic N) is 4. The van der Waals surface area contributed by atoms with Gasteiger partial charge in [0, 0.05) is 49.5 Å². The van der Waals surface area contributed by atoms with E-state index in [1.54, 1.807) is 48.5 Å². The van der Waals surface area contributed by atoms with E-state index in [-0.39, 0.29) is 12.5 Å². The Morgan fingerprint density at radius 3 is 2.78 bits per heavy atom. The number of aryl methyl sites for hydroxylation is 1. The lowest BCUT2D eigenvalue weighted by Gasteiger charge is -2.38. The van der Waals surface area contributed by atoms with Crippen LogP contribution in [0.3, 0.4) is 0 Å². The minimum atomic E-state index is -4.34. The van der Waals surface area contributed by atoms with Gasteiger partial charge in [0.2, 0.25) is 5.91 Å². The SMILES string of the molecule is C=CC(=O)Nc1ccc2c(c1)CC(c1cnccc1-c1cnn(C)c1)N(CC(F)(F)F)C2. The molecule has 0 spiro atoms. The van der Waals surface area contributed by atoms with Crippen molar-refractivity contribution in [3.8, 4) is 11.1 Å². The highest BCUT2D eigenvalue weighted by Crippen LogP contribution is 2.39. The molecule has 4 rings (SSSR count). The van der Waals surface area contributed by atoms with Crippen LogP contribution in [0.4, 0.5) is 18.9 Å². The van der Waals surface area contributed by atoms with Gasteiger partial charge >= 0.3 is 6.18 Å². The number of hydrogen-bond donors (Lipinski definition) is 1. The summed E-state index contributed by atoms with van der Waals surface area (Å²) in [5, 5.41) is 6.91. The summed E-state index contributed by atoms with van der Waals surface area (Å²) in [7, 11) is 1.79. The minimum Gasteiger partial charge on any atom is -0.323 e. The molecule has 3 heterocycles. The van der Waals surface area contributed by atoms with Gasteiger partial charge in [-0.2, -0.15) is 18.3 Å². The van der Waals surface area contributed by atoms with Crippen LogP contribution in [-0.2, 0) is 24.8 Å². The zero-order chi connectivity index (χ0) is 22.9. The van der Waals surface area contributed by atoms with E-state index >= 15 is 0 Å². The molecule has 1 amide bonds. The van der Waals surface area contributed by atoms with Crippen LogP contribution in [0.25, 0.3) is 11.1 Å². The summed E-state index contributed by atoms with van der Waals surface area (Å²) in [6, 6.07) is 6.53. The van der Waals surface area contributed by atoms with E-state index in [4.69, 9.17) is 0 Å². The van der Waals surface area contributed by atoms with Crippen molar-refractivity contribution in [2.75, 3.05) is 11.9 Å². The molecule has 0 radical (unpaired) electrons. The Hall–Kier alpha value is -3.46. The van der Waals surface area contributed by atoms with Gasteiger partial charge in [-0.25, -0.2) is 0 Å². The van der Waals surface area contributed by atoms with Gasteiger partial charge < -0.3 is 5.32 Å². The lowest BCUT2D eigenvalue weighted by molar-refractivity contribution is -0.153. The van der Waals surface area contributed by atoms with Crippen molar-refractivity contribution in [3.63, 3.8) is 0 Å². The maximum Gasteiger partial charge on any atom is 0.401 e. The molecule has 1 aliphatic rings. The number of nitrogens with one attached hydrogen (secondary N) is 1. The summed E-state index contributed by atoms with van der Waals surface area (Å²) in [6.45, 7) is 2.54. The van der Waals surface area contributed by atoms with Crippen LogP contribution < -0.4 is 5.32 Å². The Bertz CT molecular complexity index is 1150. The predicted molar refractivity (Wildman–Crippen MR) is 115 cm³/mol. The second-order valence-electron chi connectivity index (χ2n) is 7.78. The summed E-state index contributed by atoms with van der Waals surface area (Å²) >= 11 is 0. The van der Waals surface area contributed by atoms with Crippen molar-refractivity contribution >= 4 is 11.6 Å². The van der Waals surface area contributed by atoms with Gasteiger partial charge in [0.15, 0.2) is 0 Å². The molecular formula is C23H22F3N5O. The number of aromatic nitrogens is 3. The van der Waals surface area contributed by atoms with Gasteiger partial charge in [0.05, 0.1) is 12.7 Å². The van der Waals surface area contributed by atoms with E-state index in [1.165, 1.54) is 11.0 Å². The van der Waals surface area contributed by atoms with Crippen molar-refractivity contribution in [2.24, 2.45) is 7.05 Å². The van der Waals surface area contributed by atoms with Crippen molar-refractivity contribution in [2.45, 2.75) is 25.2 Å². The fourth-order valence-electron chi connectivity index (χ4n) is 4.11. The molecule has 0 bridgehead atoms. The highest BCUT2D eigenvalue weighted by Gasteiger charge is 2.38. The fraction of sp³-hybridized carbons (Fsp3) is 0.261. The van der Waals surface area contributed by atoms with Crippen LogP contribution in [0.15, 0.2) is 61.7 Å². The standard InChI is InChI=1S/C23H22F3N5O/c1-3-22(32)29-18-5-4-15-13-31(14-23(24,25)26)21(9-16(15)8-18)20-11-27-7-6-19(20)17-10-28-30(2)12-17/h3-8,10-12,21H,1,9,13-14H2,2H3,(H,29,32). The zero-order valence-electron chi connectivity index (χ0n) is 17.4. The fourth-order valence-corrected chi connectivity index (χ4v) is 4.11. The molecule has 0 saturated heterocycles. The van der Waals surface area contributed by atoms with E-state index in [0.717, 1.165) is 22.3 Å². The Morgan fingerprint density at radius 1 is 1.28 bits per heavy atom. The summed E-state index contributed by atoms with van der Waals surface area (Å²) in [4.78, 5) is 17.3. The Morgan fingerprint density at radius 2 is 2.09 bits per heavy atom. The molecule has 3 aromatic rings. The first-order chi connectivity index (χ1) is 15.2. The maximum atomic E-state index is 13.5. The third kappa shape index (κ3) is 4.72. The van der Waals surface area contributed by atoms with Gasteiger partial charge in [-0.1, -0.05) is 12.6 Å². The number of rotatable bonds is 5. The number of amides is 1. The topological polar surface area (TPSA) is 63.1 Å². The predicted octanol–water partition coefficient (Wildman–Crippen LogP) is 4.27. The number of carbonyl (C=O) groups is 1. The molecule has 0 saturated carbocycles. The average Bonchev–Trinajstić information content (AvgIpc) is 3.18. The number of anilines is 1. The molecule has 1 N–H and O–H groups in total. The van der Waals surface area contributed by atoms with Gasteiger partial charge in [-0.15, -0.1) is 0 Å². The Balaban J connectivity index is 1.75. The molecule has 0 fully saturated rings. The van der Waals surface area contributed by atoms with Gasteiger partial charge in [-0.3, -0.25) is 19.4 Å². The van der Waals surface area contributed by atoms with E-state index in [9.17, 15) is 18.0 Å².